The topological polar surface area (TPSA) is 657 Å². The first-order chi connectivity index (χ1) is 52.2. The van der Waals surface area contributed by atoms with Crippen LogP contribution in [0.2, 0.25) is 0 Å². The van der Waals surface area contributed by atoms with Gasteiger partial charge in [0, 0.05) is 84.1 Å². The molecule has 0 amide bonds. The van der Waals surface area contributed by atoms with Crippen LogP contribution in [0.15, 0.2) is 0 Å². The molecular formula is C48H86O54S8. The van der Waals surface area contributed by atoms with Gasteiger partial charge in [0.1, 0.15) is 121 Å². The van der Waals surface area contributed by atoms with Crippen LogP contribution in [0.5, 0.6) is 0 Å². The fourth-order valence-corrected chi connectivity index (χ4v) is 16.1. The Balaban J connectivity index is 1.40. The summed E-state index contributed by atoms with van der Waals surface area (Å²) in [6, 6.07) is 0. The van der Waals surface area contributed by atoms with Crippen molar-refractivity contribution in [2.75, 3.05) is 118 Å². The molecule has 62 heteroatoms. The lowest BCUT2D eigenvalue weighted by atomic mass is 9.91. The van der Waals surface area contributed by atoms with Gasteiger partial charge in [-0.2, -0.15) is 33.7 Å². The third-order valence-electron chi connectivity index (χ3n) is 16.8. The van der Waals surface area contributed by atoms with Crippen molar-refractivity contribution in [3.05, 3.63) is 0 Å². The van der Waals surface area contributed by atoms with Crippen molar-refractivity contribution < 1.29 is 248 Å². The smallest absolute Gasteiger partial charge is 0.382 e. The van der Waals surface area contributed by atoms with E-state index in [0.29, 0.717) is 0 Å². The van der Waals surface area contributed by atoms with Gasteiger partial charge in [-0.25, -0.2) is 42.0 Å². The summed E-state index contributed by atoms with van der Waals surface area (Å²) in [5.74, 6) is -0.686. The minimum Gasteiger partial charge on any atom is -0.382 e. The van der Waals surface area contributed by atoms with E-state index < -0.39 is 293 Å². The van der Waals surface area contributed by atoms with Gasteiger partial charge in [-0.15, -0.1) is 17.3 Å². The fraction of sp³-hybridized carbons (Fsp3) is 1.00. The third-order valence-corrected chi connectivity index (χ3v) is 21.0. The number of hydrogen-bond donors (Lipinski definition) is 8. The average Bonchev–Trinajstić information content (AvgIpc) is 0.756. The molecule has 0 saturated carbocycles. The maximum Gasteiger partial charge on any atom is 0.397 e. The Morgan fingerprint density at radius 3 is 0.973 bits per heavy atom. The Morgan fingerprint density at radius 2 is 0.618 bits per heavy atom. The van der Waals surface area contributed by atoms with Crippen molar-refractivity contribution in [3.8, 4) is 0 Å². The minimum atomic E-state index is -6.03. The van der Waals surface area contributed by atoms with Crippen LogP contribution in [0, 0.1) is 5.92 Å². The SMILES string of the molecule is COCC1O[C@@H](O[C@H]2C(OC)C(C)[C@@H](O[C@H]3C(OC)C(OC)[C@@H](OC)O[C@@H]3COC)O[C@@H]2COC)[C@H](OC)C(OC)[C@H]1O[C@@H]1OC(COS(=O)(=O)O)[C@H](O[C@H]2O[C@H](COS(=O)(=O)O)[C@@H](O[C@H]3O[C@H](COS(=O)(=O)O)[C@@H](S(=O)OOO)C(OSOOO)C3OSOOO)C(OSOOO)C2OS(=O)(=O)O)C(OC)[C@H]1OC. The molecule has 8 N–H and O–H groups in total. The maximum atomic E-state index is 13.6. The normalized spacial score (nSPS) is 38.1. The zero-order chi connectivity index (χ0) is 81.4. The molecule has 6 fully saturated rings. The molecule has 6 saturated heterocycles. The number of hydrogen-bond acceptors (Lipinski definition) is 53. The summed E-state index contributed by atoms with van der Waals surface area (Å²) in [6.07, 6.45) is -47.9. The zero-order valence-corrected chi connectivity index (χ0v) is 65.7. The van der Waals surface area contributed by atoms with Crippen molar-refractivity contribution in [1.29, 1.82) is 0 Å². The van der Waals surface area contributed by atoms with Crippen molar-refractivity contribution >= 4 is 89.6 Å². The molecule has 54 nitrogen and oxygen atoms in total. The van der Waals surface area contributed by atoms with E-state index >= 15 is 0 Å². The molecule has 0 aromatic heterocycles. The highest BCUT2D eigenvalue weighted by molar-refractivity contribution is 7.90. The van der Waals surface area contributed by atoms with Gasteiger partial charge < -0.3 is 104 Å². The van der Waals surface area contributed by atoms with Gasteiger partial charge in [-0.05, 0) is 0 Å². The molecule has 6 heterocycles. The molecule has 6 rings (SSSR count). The summed E-state index contributed by atoms with van der Waals surface area (Å²) in [5, 5.41) is 48.1. The first-order valence-electron chi connectivity index (χ1n) is 31.0. The van der Waals surface area contributed by atoms with Gasteiger partial charge in [0.05, 0.1) is 45.7 Å². The van der Waals surface area contributed by atoms with E-state index in [-0.39, 0.29) is 19.8 Å². The van der Waals surface area contributed by atoms with Crippen LogP contribution in [0.4, 0.5) is 0 Å². The molecule has 0 aromatic carbocycles. The summed E-state index contributed by atoms with van der Waals surface area (Å²) < 4.78 is 341. The molecule has 650 valence electrons. The van der Waals surface area contributed by atoms with E-state index in [9.17, 15) is 61.3 Å². The third kappa shape index (κ3) is 27.6. The van der Waals surface area contributed by atoms with Gasteiger partial charge in [-0.3, -0.25) is 30.8 Å². The molecule has 0 bridgehead atoms. The summed E-state index contributed by atoms with van der Waals surface area (Å²) in [7, 11) is -8.36. The standard InChI is InChI=1S/C48H86O54S8/c1-19-26(69-5)27(20(13-66-2)80-43(19)86-28-21(14-67-3)81-44(76-12)37(73-9)32(28)70-6)87-45-38(74-10)33(71-7)29(22(82-45)15-68-4)88-46-39(75-11)34(72-8)30(23(83-46)16-77-107(54,55)56)89-48-41(94-110(63,64)65)35(91-103-99-95-49)31(24(84-48)17-78-108(57,58)59)90-47-40(93-105-101-97-51)36(92-104-100-96-50)42(106(53)102-98-52)25(85-47)18-79-109(60,61)62/h19-52H,13-18H2,1-12H3,(H,54,55,56)(H,57,58,59)(H,60,61,62)(H,63,64,65)/t19?,20-,21-,22?,23?,24-,25-,26?,27-,28-,29+,30+,31-,32?,33?,34?,35?,36?,37?,38-,39-,40?,41?,42-,43-,44+,45+,46+,47-,48-,106?/m1/s1. The van der Waals surface area contributed by atoms with E-state index in [1.165, 1.54) is 64.0 Å². The van der Waals surface area contributed by atoms with Crippen LogP contribution < -0.4 is 0 Å². The molecule has 6 aliphatic heterocycles. The molecule has 110 heavy (non-hydrogen) atoms. The van der Waals surface area contributed by atoms with E-state index in [1.54, 1.807) is 6.92 Å². The highest BCUT2D eigenvalue weighted by atomic mass is 32.3. The number of methoxy groups -OCH3 is 11. The minimum absolute atomic E-state index is 0.0284. The molecule has 6 aliphatic rings. The molecular weight excluding hydrogens is 1700 g/mol. The second-order valence-electron chi connectivity index (χ2n) is 22.9. The average molecular weight is 1780 g/mol. The Hall–Kier alpha value is -0.800. The molecule has 0 spiro atoms. The quantitative estimate of drug-likeness (QED) is 0.00977. The van der Waals surface area contributed by atoms with Gasteiger partial charge in [-0.1, -0.05) is 27.1 Å². The van der Waals surface area contributed by atoms with E-state index in [0.717, 1.165) is 14.2 Å². The first-order valence-corrected chi connectivity index (χ1v) is 39.6. The highest BCUT2D eigenvalue weighted by Gasteiger charge is 2.62. The second kappa shape index (κ2) is 47.3. The van der Waals surface area contributed by atoms with Gasteiger partial charge in [0.15, 0.2) is 98.0 Å². The van der Waals surface area contributed by atoms with Gasteiger partial charge >= 0.3 is 41.6 Å². The summed E-state index contributed by atoms with van der Waals surface area (Å²) >= 11 is -4.56. The Morgan fingerprint density at radius 1 is 0.318 bits per heavy atom. The number of ether oxygens (including phenoxy) is 22. The van der Waals surface area contributed by atoms with Crippen LogP contribution in [0.25, 0.3) is 0 Å². The molecule has 0 radical (unpaired) electrons. The van der Waals surface area contributed by atoms with E-state index in [2.05, 4.69) is 45.9 Å². The Labute approximate surface area is 642 Å². The number of rotatable bonds is 50. The predicted molar refractivity (Wildman–Crippen MR) is 341 cm³/mol. The summed E-state index contributed by atoms with van der Waals surface area (Å²) in [4.78, 5) is 0. The molecule has 13 unspecified atom stereocenters. The molecule has 31 atom stereocenters. The van der Waals surface area contributed by atoms with Crippen LogP contribution in [-0.2, 0) is 224 Å². The molecule has 0 aromatic rings. The monoisotopic (exact) mass is 1780 g/mol. The lowest BCUT2D eigenvalue weighted by Gasteiger charge is -2.52. The lowest BCUT2D eigenvalue weighted by Crippen LogP contribution is -2.69. The van der Waals surface area contributed by atoms with Crippen molar-refractivity contribution in [2.45, 2.75) is 184 Å². The van der Waals surface area contributed by atoms with Crippen molar-refractivity contribution in [1.82, 2.24) is 0 Å². The van der Waals surface area contributed by atoms with Crippen molar-refractivity contribution in [3.63, 3.8) is 0 Å². The van der Waals surface area contributed by atoms with Crippen molar-refractivity contribution in [2.24, 2.45) is 5.92 Å². The summed E-state index contributed by atoms with van der Waals surface area (Å²) in [5.41, 5.74) is 0. The van der Waals surface area contributed by atoms with Crippen LogP contribution >= 0.6 is 37.0 Å². The molecule has 0 aliphatic carbocycles. The van der Waals surface area contributed by atoms with Crippen LogP contribution in [0.1, 0.15) is 6.92 Å². The van der Waals surface area contributed by atoms with Gasteiger partial charge in [0.25, 0.3) is 0 Å². The van der Waals surface area contributed by atoms with Crippen LogP contribution in [-0.4, -0.2) is 372 Å². The zero-order valence-electron chi connectivity index (χ0n) is 59.2. The Bertz CT molecular complexity index is 3130. The lowest BCUT2D eigenvalue weighted by molar-refractivity contribution is -0.437. The van der Waals surface area contributed by atoms with E-state index in [4.69, 9.17) is 141 Å². The fourth-order valence-electron chi connectivity index (χ4n) is 12.6. The first kappa shape index (κ1) is 98.0. The second-order valence-corrected chi connectivity index (χ2v) is 29.8. The largest absolute Gasteiger partial charge is 0.397 e. The highest BCUT2D eigenvalue weighted by Crippen LogP contribution is 2.44. The van der Waals surface area contributed by atoms with Gasteiger partial charge in [0.2, 0.25) is 0 Å². The maximum absolute atomic E-state index is 13.6. The predicted octanol–water partition coefficient (Wildman–Crippen LogP) is -3.20. The van der Waals surface area contributed by atoms with Crippen LogP contribution in [0.3, 0.4) is 0 Å². The summed E-state index contributed by atoms with van der Waals surface area (Å²) in [6.45, 7) is -3.24. The Kier molecular flexibility index (Phi) is 42.1. The van der Waals surface area contributed by atoms with E-state index in [1.807, 2.05) is 0 Å².